The van der Waals surface area contributed by atoms with E-state index >= 15 is 0 Å². The van der Waals surface area contributed by atoms with Crippen LogP contribution in [0.5, 0.6) is 0 Å². The van der Waals surface area contributed by atoms with E-state index in [0.717, 1.165) is 27.5 Å². The maximum atomic E-state index is 5.96. The van der Waals surface area contributed by atoms with Gasteiger partial charge in [-0.15, -0.1) is 0 Å². The number of nitrogens with zero attached hydrogens (tertiary/aromatic N) is 1. The van der Waals surface area contributed by atoms with Crippen molar-refractivity contribution in [1.29, 1.82) is 0 Å². The summed E-state index contributed by atoms with van der Waals surface area (Å²) < 4.78 is 0.893. The molecular weight excluding hydrogens is 320 g/mol. The summed E-state index contributed by atoms with van der Waals surface area (Å²) in [5.41, 5.74) is 1.04. The van der Waals surface area contributed by atoms with Crippen LogP contribution >= 0.6 is 39.3 Å². The third-order valence-electron chi connectivity index (χ3n) is 2.53. The maximum Gasteiger partial charge on any atom is 0.161 e. The minimum atomic E-state index is 0.0389. The number of rotatable bonds is 1. The van der Waals surface area contributed by atoms with E-state index in [1.165, 1.54) is 0 Å². The van der Waals surface area contributed by atoms with Gasteiger partial charge in [0.15, 0.2) is 5.17 Å². The molecule has 2 nitrogen and oxygen atoms in total. The van der Waals surface area contributed by atoms with Crippen molar-refractivity contribution in [1.82, 2.24) is 0 Å². The molecule has 0 amide bonds. The van der Waals surface area contributed by atoms with Crippen LogP contribution in [-0.2, 0) is 0 Å². The van der Waals surface area contributed by atoms with E-state index in [4.69, 9.17) is 11.6 Å². The highest BCUT2D eigenvalue weighted by Gasteiger charge is 2.22. The van der Waals surface area contributed by atoms with Crippen LogP contribution in [0.3, 0.4) is 0 Å². The second-order valence-corrected chi connectivity index (χ2v) is 6.93. The summed E-state index contributed by atoms with van der Waals surface area (Å²) in [5, 5.41) is 5.03. The van der Waals surface area contributed by atoms with Crippen molar-refractivity contribution in [2.45, 2.75) is 25.8 Å². The third kappa shape index (κ3) is 3.63. The Bertz CT molecular complexity index is 460. The predicted octanol–water partition coefficient (Wildman–Crippen LogP) is 4.79. The van der Waals surface area contributed by atoms with Crippen LogP contribution in [0.2, 0.25) is 5.02 Å². The zero-order valence-electron chi connectivity index (χ0n) is 9.76. The Morgan fingerprint density at radius 1 is 1.47 bits per heavy atom. The van der Waals surface area contributed by atoms with Crippen molar-refractivity contribution >= 4 is 50.1 Å². The Labute approximate surface area is 119 Å². The Balaban J connectivity index is 2.15. The van der Waals surface area contributed by atoms with Gasteiger partial charge in [-0.3, -0.25) is 4.99 Å². The zero-order valence-corrected chi connectivity index (χ0v) is 12.9. The Morgan fingerprint density at radius 2 is 2.24 bits per heavy atom. The molecular formula is C12H14BrClN2S. The molecule has 0 atom stereocenters. The molecule has 5 heteroatoms. The third-order valence-corrected chi connectivity index (χ3v) is 4.62. The summed E-state index contributed by atoms with van der Waals surface area (Å²) in [6, 6.07) is 5.79. The Hall–Kier alpha value is -0.190. The van der Waals surface area contributed by atoms with Crippen LogP contribution in [0, 0.1) is 0 Å². The molecule has 0 radical (unpaired) electrons. The number of hydrogen-bond acceptors (Lipinski definition) is 3. The van der Waals surface area contributed by atoms with E-state index in [1.54, 1.807) is 11.8 Å². The molecule has 0 saturated heterocycles. The van der Waals surface area contributed by atoms with Gasteiger partial charge in [0, 0.05) is 15.9 Å². The number of halogens is 2. The topological polar surface area (TPSA) is 24.4 Å². The molecule has 1 heterocycles. The van der Waals surface area contributed by atoms with Gasteiger partial charge >= 0.3 is 0 Å². The number of anilines is 1. The lowest BCUT2D eigenvalue weighted by molar-refractivity contribution is 0.507. The van der Waals surface area contributed by atoms with Gasteiger partial charge in [0.25, 0.3) is 0 Å². The van der Waals surface area contributed by atoms with Crippen LogP contribution in [-0.4, -0.2) is 16.5 Å². The summed E-state index contributed by atoms with van der Waals surface area (Å²) in [6.45, 7) is 4.32. The quantitative estimate of drug-likeness (QED) is 0.799. The van der Waals surface area contributed by atoms with Crippen LogP contribution in [0.15, 0.2) is 27.7 Å². The van der Waals surface area contributed by atoms with Crippen molar-refractivity contribution < 1.29 is 0 Å². The molecule has 0 fully saturated rings. The number of hydrogen-bond donors (Lipinski definition) is 1. The van der Waals surface area contributed by atoms with Crippen LogP contribution < -0.4 is 5.32 Å². The first-order valence-corrected chi connectivity index (χ1v) is 7.57. The summed E-state index contributed by atoms with van der Waals surface area (Å²) in [4.78, 5) is 4.68. The molecule has 1 aromatic rings. The summed E-state index contributed by atoms with van der Waals surface area (Å²) >= 11 is 11.1. The van der Waals surface area contributed by atoms with Crippen LogP contribution in [0.25, 0.3) is 0 Å². The monoisotopic (exact) mass is 332 g/mol. The van der Waals surface area contributed by atoms with Crippen molar-refractivity contribution in [2.75, 3.05) is 11.1 Å². The number of amidine groups is 1. The molecule has 17 heavy (non-hydrogen) atoms. The normalized spacial score (nSPS) is 18.7. The highest BCUT2D eigenvalue weighted by molar-refractivity contribution is 9.10. The van der Waals surface area contributed by atoms with Gasteiger partial charge < -0.3 is 5.32 Å². The first kappa shape index (κ1) is 13.2. The summed E-state index contributed by atoms with van der Waals surface area (Å²) in [6.07, 6.45) is 1.12. The van der Waals surface area contributed by atoms with Gasteiger partial charge in [0.1, 0.15) is 0 Å². The number of aliphatic imine (C=N–C) groups is 1. The molecule has 0 aliphatic carbocycles. The molecule has 1 aromatic carbocycles. The molecule has 1 aliphatic rings. The van der Waals surface area contributed by atoms with Crippen LogP contribution in [0.1, 0.15) is 20.3 Å². The lowest BCUT2D eigenvalue weighted by Gasteiger charge is -2.26. The van der Waals surface area contributed by atoms with E-state index in [9.17, 15) is 0 Å². The molecule has 0 bridgehead atoms. The average molecular weight is 334 g/mol. The summed E-state index contributed by atoms with van der Waals surface area (Å²) in [5.74, 6) is 1.10. The molecule has 92 valence electrons. The maximum absolute atomic E-state index is 5.96. The van der Waals surface area contributed by atoms with Crippen LogP contribution in [0.4, 0.5) is 5.69 Å². The highest BCUT2D eigenvalue weighted by Crippen LogP contribution is 2.29. The molecule has 0 saturated carbocycles. The van der Waals surface area contributed by atoms with Crippen molar-refractivity contribution in [3.05, 3.63) is 27.7 Å². The fraction of sp³-hybridized carbons (Fsp3) is 0.417. The van der Waals surface area contributed by atoms with Gasteiger partial charge in [-0.25, -0.2) is 0 Å². The SMILES string of the molecule is CC1(C)CCSC(Nc2ccc(Cl)c(Br)c2)=N1. The van der Waals surface area contributed by atoms with E-state index in [2.05, 4.69) is 40.1 Å². The molecule has 0 spiro atoms. The largest absolute Gasteiger partial charge is 0.335 e. The second kappa shape index (κ2) is 5.21. The fourth-order valence-electron chi connectivity index (χ4n) is 1.52. The van der Waals surface area contributed by atoms with Gasteiger partial charge in [-0.05, 0) is 54.4 Å². The van der Waals surface area contributed by atoms with Crippen molar-refractivity contribution in [3.63, 3.8) is 0 Å². The van der Waals surface area contributed by atoms with E-state index < -0.39 is 0 Å². The number of benzene rings is 1. The van der Waals surface area contributed by atoms with Gasteiger partial charge in [-0.1, -0.05) is 23.4 Å². The Kier molecular flexibility index (Phi) is 4.06. The first-order chi connectivity index (χ1) is 7.96. The van der Waals surface area contributed by atoms with E-state index in [0.29, 0.717) is 5.02 Å². The molecule has 0 aromatic heterocycles. The average Bonchev–Trinajstić information content (AvgIpc) is 2.22. The standard InChI is InChI=1S/C12H14BrClN2S/c1-12(2)5-6-17-11(16-12)15-8-3-4-10(14)9(13)7-8/h3-4,7H,5-6H2,1-2H3,(H,15,16). The molecule has 0 unspecified atom stereocenters. The molecule has 2 rings (SSSR count). The van der Waals surface area contributed by atoms with Crippen molar-refractivity contribution in [2.24, 2.45) is 4.99 Å². The van der Waals surface area contributed by atoms with Gasteiger partial charge in [0.05, 0.1) is 10.6 Å². The first-order valence-electron chi connectivity index (χ1n) is 5.41. The zero-order chi connectivity index (χ0) is 12.5. The Morgan fingerprint density at radius 3 is 2.88 bits per heavy atom. The van der Waals surface area contributed by atoms with E-state index in [-0.39, 0.29) is 5.54 Å². The van der Waals surface area contributed by atoms with Gasteiger partial charge in [-0.2, -0.15) is 0 Å². The van der Waals surface area contributed by atoms with E-state index in [1.807, 2.05) is 18.2 Å². The predicted molar refractivity (Wildman–Crippen MR) is 81.4 cm³/mol. The van der Waals surface area contributed by atoms with Gasteiger partial charge in [0.2, 0.25) is 0 Å². The highest BCUT2D eigenvalue weighted by atomic mass is 79.9. The van der Waals surface area contributed by atoms with Crippen molar-refractivity contribution in [3.8, 4) is 0 Å². The lowest BCUT2D eigenvalue weighted by Crippen LogP contribution is -2.27. The molecule has 1 N–H and O–H groups in total. The smallest absolute Gasteiger partial charge is 0.161 e. The fourth-order valence-corrected chi connectivity index (χ4v) is 3.31. The summed E-state index contributed by atoms with van der Waals surface area (Å²) in [7, 11) is 0. The number of thioether (sulfide) groups is 1. The number of nitrogens with one attached hydrogen (secondary N) is 1. The minimum Gasteiger partial charge on any atom is -0.335 e. The molecule has 1 aliphatic heterocycles. The lowest BCUT2D eigenvalue weighted by atomic mass is 10.0. The second-order valence-electron chi connectivity index (χ2n) is 4.58. The minimum absolute atomic E-state index is 0.0389.